The fourth-order valence-corrected chi connectivity index (χ4v) is 2.76. The number of hydrogen-bond donors (Lipinski definition) is 1. The van der Waals surface area contributed by atoms with E-state index in [1.165, 1.54) is 6.92 Å². The van der Waals surface area contributed by atoms with Gasteiger partial charge in [-0.2, -0.15) is 5.10 Å². The van der Waals surface area contributed by atoms with Crippen molar-refractivity contribution in [1.82, 2.24) is 9.78 Å². The zero-order valence-electron chi connectivity index (χ0n) is 17.3. The number of ketones is 1. The van der Waals surface area contributed by atoms with E-state index in [2.05, 4.69) is 10.4 Å². The maximum absolute atomic E-state index is 12.3. The van der Waals surface area contributed by atoms with Crippen molar-refractivity contribution < 1.29 is 19.1 Å². The minimum Gasteiger partial charge on any atom is -0.453 e. The number of aromatic nitrogens is 2. The first kappa shape index (κ1) is 21.3. The highest BCUT2D eigenvalue weighted by Gasteiger charge is 2.21. The number of aryl methyl sites for hydroxylation is 4. The van der Waals surface area contributed by atoms with Crippen molar-refractivity contribution in [1.29, 1.82) is 0 Å². The molecule has 0 spiro atoms. The molecule has 1 N–H and O–H groups in total. The Morgan fingerprint density at radius 1 is 1.11 bits per heavy atom. The molecular formula is C21H27N3O4. The van der Waals surface area contributed by atoms with Crippen LogP contribution < -0.4 is 5.32 Å². The van der Waals surface area contributed by atoms with Crippen LogP contribution in [0.4, 0.5) is 5.69 Å². The number of carbonyl (C=O) groups excluding carboxylic acids is 3. The first-order chi connectivity index (χ1) is 13.1. The van der Waals surface area contributed by atoms with Crippen LogP contribution in [0, 0.1) is 27.7 Å². The average molecular weight is 385 g/mol. The molecule has 0 aliphatic heterocycles. The molecule has 1 unspecified atom stereocenters. The number of amides is 1. The minimum atomic E-state index is -0.969. The number of carbonyl (C=O) groups is 3. The van der Waals surface area contributed by atoms with Gasteiger partial charge in [-0.1, -0.05) is 12.1 Å². The third-order valence-electron chi connectivity index (χ3n) is 4.82. The van der Waals surface area contributed by atoms with Gasteiger partial charge in [-0.15, -0.1) is 0 Å². The average Bonchev–Trinajstić information content (AvgIpc) is 2.87. The number of esters is 1. The number of ether oxygens (including phenoxy) is 1. The van der Waals surface area contributed by atoms with Crippen LogP contribution in [0.25, 0.3) is 0 Å². The van der Waals surface area contributed by atoms with Gasteiger partial charge in [0.1, 0.15) is 0 Å². The molecule has 1 aromatic heterocycles. The first-order valence-electron chi connectivity index (χ1n) is 9.21. The lowest BCUT2D eigenvalue weighted by atomic mass is 10.0. The standard InChI is InChI=1S/C21H27N3O4/c1-12-7-8-17(11-13(12)2)18(25)9-10-19(26)28-16(5)21(27)22-20-14(3)23-24(6)15(20)4/h7-8,11,16H,9-10H2,1-6H3,(H,22,27). The molecule has 0 bridgehead atoms. The van der Waals surface area contributed by atoms with Gasteiger partial charge in [0.15, 0.2) is 11.9 Å². The molecule has 2 rings (SSSR count). The van der Waals surface area contributed by atoms with Crippen LogP contribution in [-0.4, -0.2) is 33.5 Å². The minimum absolute atomic E-state index is 0.0382. The highest BCUT2D eigenvalue weighted by molar-refractivity contribution is 5.98. The Balaban J connectivity index is 1.87. The molecule has 7 heteroatoms. The highest BCUT2D eigenvalue weighted by atomic mass is 16.5. The predicted molar refractivity (Wildman–Crippen MR) is 106 cm³/mol. The van der Waals surface area contributed by atoms with Gasteiger partial charge in [0.2, 0.25) is 0 Å². The molecule has 1 heterocycles. The van der Waals surface area contributed by atoms with Crippen molar-refractivity contribution in [3.63, 3.8) is 0 Å². The number of nitrogens with zero attached hydrogens (tertiary/aromatic N) is 2. The number of Topliss-reactive ketones (excluding diaryl/α,β-unsaturated/α-hetero) is 1. The number of nitrogens with one attached hydrogen (secondary N) is 1. The molecule has 28 heavy (non-hydrogen) atoms. The van der Waals surface area contributed by atoms with Crippen molar-refractivity contribution >= 4 is 23.3 Å². The summed E-state index contributed by atoms with van der Waals surface area (Å²) in [4.78, 5) is 36.6. The van der Waals surface area contributed by atoms with Crippen LogP contribution in [0.3, 0.4) is 0 Å². The van der Waals surface area contributed by atoms with E-state index in [1.54, 1.807) is 24.7 Å². The van der Waals surface area contributed by atoms with Crippen molar-refractivity contribution in [2.75, 3.05) is 5.32 Å². The Labute approximate surface area is 165 Å². The quantitative estimate of drug-likeness (QED) is 0.584. The van der Waals surface area contributed by atoms with Crippen LogP contribution in [-0.2, 0) is 21.4 Å². The SMILES string of the molecule is Cc1ccc(C(=O)CCC(=O)OC(C)C(=O)Nc2c(C)nn(C)c2C)cc1C. The maximum Gasteiger partial charge on any atom is 0.307 e. The molecule has 1 aromatic carbocycles. The summed E-state index contributed by atoms with van der Waals surface area (Å²) in [6, 6.07) is 5.46. The van der Waals surface area contributed by atoms with E-state index in [-0.39, 0.29) is 18.6 Å². The van der Waals surface area contributed by atoms with Gasteiger partial charge in [-0.3, -0.25) is 19.1 Å². The van der Waals surface area contributed by atoms with E-state index in [4.69, 9.17) is 4.74 Å². The third-order valence-corrected chi connectivity index (χ3v) is 4.82. The summed E-state index contributed by atoms with van der Waals surface area (Å²) >= 11 is 0. The van der Waals surface area contributed by atoms with Crippen LogP contribution in [0.5, 0.6) is 0 Å². The molecule has 0 saturated carbocycles. The van der Waals surface area contributed by atoms with E-state index >= 15 is 0 Å². The lowest BCUT2D eigenvalue weighted by molar-refractivity contribution is -0.153. The van der Waals surface area contributed by atoms with Gasteiger partial charge < -0.3 is 10.1 Å². The molecule has 1 amide bonds. The first-order valence-corrected chi connectivity index (χ1v) is 9.21. The van der Waals surface area contributed by atoms with Gasteiger partial charge in [-0.05, 0) is 51.8 Å². The Bertz CT molecular complexity index is 915. The van der Waals surface area contributed by atoms with Crippen molar-refractivity contribution in [3.05, 3.63) is 46.3 Å². The topological polar surface area (TPSA) is 90.3 Å². The predicted octanol–water partition coefficient (Wildman–Crippen LogP) is 3.19. The number of rotatable bonds is 7. The lowest BCUT2D eigenvalue weighted by Crippen LogP contribution is -2.30. The fraction of sp³-hybridized carbons (Fsp3) is 0.429. The second-order valence-electron chi connectivity index (χ2n) is 7.01. The highest BCUT2D eigenvalue weighted by Crippen LogP contribution is 2.19. The van der Waals surface area contributed by atoms with Gasteiger partial charge in [0.25, 0.3) is 5.91 Å². The summed E-state index contributed by atoms with van der Waals surface area (Å²) in [5.41, 5.74) is 4.81. The molecular weight excluding hydrogens is 358 g/mol. The lowest BCUT2D eigenvalue weighted by Gasteiger charge is -2.13. The fourth-order valence-electron chi connectivity index (χ4n) is 2.76. The molecule has 1 atom stereocenters. The zero-order valence-corrected chi connectivity index (χ0v) is 17.3. The molecule has 0 aliphatic carbocycles. The van der Waals surface area contributed by atoms with E-state index in [0.29, 0.717) is 16.9 Å². The van der Waals surface area contributed by atoms with Gasteiger partial charge in [0, 0.05) is 19.0 Å². The number of hydrogen-bond acceptors (Lipinski definition) is 5. The Hall–Kier alpha value is -2.96. The van der Waals surface area contributed by atoms with Crippen molar-refractivity contribution in [2.45, 2.75) is 53.6 Å². The summed E-state index contributed by atoms with van der Waals surface area (Å²) in [6.45, 7) is 9.04. The summed E-state index contributed by atoms with van der Waals surface area (Å²) in [7, 11) is 1.79. The molecule has 0 aliphatic rings. The summed E-state index contributed by atoms with van der Waals surface area (Å²) in [6.07, 6.45) is -1.01. The largest absolute Gasteiger partial charge is 0.453 e. The molecule has 0 radical (unpaired) electrons. The molecule has 2 aromatic rings. The van der Waals surface area contributed by atoms with E-state index in [1.807, 2.05) is 32.9 Å². The second kappa shape index (κ2) is 8.82. The normalized spacial score (nSPS) is 11.8. The van der Waals surface area contributed by atoms with Gasteiger partial charge in [-0.25, -0.2) is 0 Å². The van der Waals surface area contributed by atoms with Crippen LogP contribution in [0.15, 0.2) is 18.2 Å². The van der Waals surface area contributed by atoms with Crippen molar-refractivity contribution in [3.8, 4) is 0 Å². The van der Waals surface area contributed by atoms with Crippen LogP contribution in [0.2, 0.25) is 0 Å². The maximum atomic E-state index is 12.3. The summed E-state index contributed by atoms with van der Waals surface area (Å²) in [5, 5.41) is 6.97. The van der Waals surface area contributed by atoms with Gasteiger partial charge in [0.05, 0.1) is 23.5 Å². The molecule has 7 nitrogen and oxygen atoms in total. The Morgan fingerprint density at radius 3 is 2.36 bits per heavy atom. The Morgan fingerprint density at radius 2 is 1.79 bits per heavy atom. The van der Waals surface area contributed by atoms with E-state index < -0.39 is 18.0 Å². The summed E-state index contributed by atoms with van der Waals surface area (Å²) < 4.78 is 6.84. The Kier molecular flexibility index (Phi) is 6.72. The monoisotopic (exact) mass is 385 g/mol. The number of anilines is 1. The third kappa shape index (κ3) is 5.06. The smallest absolute Gasteiger partial charge is 0.307 e. The molecule has 0 saturated heterocycles. The van der Waals surface area contributed by atoms with Crippen LogP contribution in [0.1, 0.15) is 52.6 Å². The molecule has 0 fully saturated rings. The second-order valence-corrected chi connectivity index (χ2v) is 7.01. The number of benzene rings is 1. The van der Waals surface area contributed by atoms with E-state index in [0.717, 1.165) is 16.8 Å². The van der Waals surface area contributed by atoms with E-state index in [9.17, 15) is 14.4 Å². The van der Waals surface area contributed by atoms with Crippen LogP contribution >= 0.6 is 0 Å². The van der Waals surface area contributed by atoms with Gasteiger partial charge >= 0.3 is 5.97 Å². The molecule has 150 valence electrons. The zero-order chi connectivity index (χ0) is 21.0. The summed E-state index contributed by atoms with van der Waals surface area (Å²) in [5.74, 6) is -1.15. The van der Waals surface area contributed by atoms with Crippen molar-refractivity contribution in [2.24, 2.45) is 7.05 Å².